The van der Waals surface area contributed by atoms with Gasteiger partial charge in [-0.1, -0.05) is 23.7 Å². The number of nitrogens with zero attached hydrogens (tertiary/aromatic N) is 1. The summed E-state index contributed by atoms with van der Waals surface area (Å²) in [5.41, 5.74) is 0.307. The van der Waals surface area contributed by atoms with E-state index in [4.69, 9.17) is 21.1 Å². The van der Waals surface area contributed by atoms with E-state index in [9.17, 15) is 32.3 Å². The van der Waals surface area contributed by atoms with E-state index in [0.717, 1.165) is 6.07 Å². The zero-order valence-electron chi connectivity index (χ0n) is 21.7. The molecular formula is C28H21ClF3N3O6S. The fraction of sp³-hybridized carbons (Fsp3) is 0.143. The summed E-state index contributed by atoms with van der Waals surface area (Å²) in [6.45, 7) is 0.889. The first-order chi connectivity index (χ1) is 20.0. The lowest BCUT2D eigenvalue weighted by molar-refractivity contribution is -0.127. The summed E-state index contributed by atoms with van der Waals surface area (Å²) in [6, 6.07) is 12.7. The Bertz CT molecular complexity index is 1600. The smallest absolute Gasteiger partial charge is 0.294 e. The normalized spacial score (nSPS) is 13.8. The lowest BCUT2D eigenvalue weighted by Crippen LogP contribution is -2.36. The number of nitrogens with one attached hydrogen (secondary N) is 2. The van der Waals surface area contributed by atoms with E-state index in [1.165, 1.54) is 12.1 Å². The topological polar surface area (TPSA) is 114 Å². The van der Waals surface area contributed by atoms with Gasteiger partial charge in [-0.15, -0.1) is 0 Å². The van der Waals surface area contributed by atoms with Gasteiger partial charge < -0.3 is 20.1 Å². The van der Waals surface area contributed by atoms with Crippen molar-refractivity contribution in [1.29, 1.82) is 0 Å². The quantitative estimate of drug-likeness (QED) is 0.216. The first kappa shape index (κ1) is 30.5. The van der Waals surface area contributed by atoms with Crippen LogP contribution in [0.3, 0.4) is 0 Å². The van der Waals surface area contributed by atoms with Crippen LogP contribution in [0.2, 0.25) is 5.02 Å². The number of hydrogen-bond acceptors (Lipinski definition) is 7. The number of halogens is 4. The summed E-state index contributed by atoms with van der Waals surface area (Å²) in [5, 5.41) is 4.37. The van der Waals surface area contributed by atoms with E-state index in [-0.39, 0.29) is 29.6 Å². The van der Waals surface area contributed by atoms with Crippen LogP contribution < -0.4 is 20.1 Å². The van der Waals surface area contributed by atoms with Crippen LogP contribution in [-0.2, 0) is 14.4 Å². The van der Waals surface area contributed by atoms with Gasteiger partial charge in [0.25, 0.3) is 17.1 Å². The number of hydrogen-bond donors (Lipinski definition) is 2. The molecule has 0 radical (unpaired) electrons. The van der Waals surface area contributed by atoms with Gasteiger partial charge in [0.15, 0.2) is 35.6 Å². The van der Waals surface area contributed by atoms with Crippen molar-refractivity contribution in [3.63, 3.8) is 0 Å². The first-order valence-electron chi connectivity index (χ1n) is 12.2. The van der Waals surface area contributed by atoms with Crippen molar-refractivity contribution < 1.29 is 41.8 Å². The Morgan fingerprint density at radius 1 is 0.952 bits per heavy atom. The minimum Gasteiger partial charge on any atom is -0.490 e. The van der Waals surface area contributed by atoms with Gasteiger partial charge >= 0.3 is 0 Å². The third kappa shape index (κ3) is 7.42. The van der Waals surface area contributed by atoms with Crippen LogP contribution in [0.5, 0.6) is 11.5 Å². The molecule has 42 heavy (non-hydrogen) atoms. The molecule has 0 unspecified atom stereocenters. The standard InChI is InChI=1S/C28H21ClF3N3O6S/c1-2-40-21-10-15(6-9-20(21)41-14-24(37)33-17-5-3-4-16(29)12-17)11-22-27(38)35(28(39)42-22)13-23(36)34-19-8-7-18(30)25(31)26(19)32/h3-12H,2,13-14H2,1H3,(H,33,37)(H,34,36)/b22-11+. The third-order valence-electron chi connectivity index (χ3n) is 5.52. The van der Waals surface area contributed by atoms with Crippen molar-refractivity contribution in [2.24, 2.45) is 0 Å². The maximum atomic E-state index is 13.9. The van der Waals surface area contributed by atoms with E-state index < -0.39 is 52.6 Å². The van der Waals surface area contributed by atoms with Crippen molar-refractivity contribution in [2.45, 2.75) is 6.92 Å². The maximum Gasteiger partial charge on any atom is 0.294 e. The molecule has 0 saturated carbocycles. The molecule has 0 atom stereocenters. The van der Waals surface area contributed by atoms with E-state index in [1.807, 2.05) is 5.32 Å². The number of rotatable bonds is 10. The van der Waals surface area contributed by atoms with Gasteiger partial charge in [-0.05, 0) is 72.8 Å². The Morgan fingerprint density at radius 2 is 1.74 bits per heavy atom. The SMILES string of the molecule is CCOc1cc(/C=C2/SC(=O)N(CC(=O)Nc3ccc(F)c(F)c3F)C2=O)ccc1OCC(=O)Nc1cccc(Cl)c1. The van der Waals surface area contributed by atoms with Crippen LogP contribution in [0.25, 0.3) is 6.08 Å². The van der Waals surface area contributed by atoms with Gasteiger partial charge in [0.1, 0.15) is 6.54 Å². The molecule has 1 aliphatic heterocycles. The molecule has 4 amide bonds. The average molecular weight is 620 g/mol. The lowest BCUT2D eigenvalue weighted by Gasteiger charge is -2.13. The van der Waals surface area contributed by atoms with Crippen molar-refractivity contribution in [1.82, 2.24) is 4.90 Å². The van der Waals surface area contributed by atoms with E-state index in [0.29, 0.717) is 39.0 Å². The molecule has 3 aromatic carbocycles. The molecule has 0 aromatic heterocycles. The van der Waals surface area contributed by atoms with Crippen LogP contribution in [0.15, 0.2) is 59.5 Å². The van der Waals surface area contributed by atoms with Gasteiger partial charge in [0, 0.05) is 10.7 Å². The molecule has 9 nitrogen and oxygen atoms in total. The van der Waals surface area contributed by atoms with Crippen LogP contribution >= 0.6 is 23.4 Å². The number of thioether (sulfide) groups is 1. The molecule has 1 saturated heterocycles. The zero-order chi connectivity index (χ0) is 30.4. The molecule has 0 spiro atoms. The average Bonchev–Trinajstić information content (AvgIpc) is 3.20. The van der Waals surface area contributed by atoms with Gasteiger partial charge in [-0.25, -0.2) is 13.2 Å². The predicted octanol–water partition coefficient (Wildman–Crippen LogP) is 5.85. The second-order valence-electron chi connectivity index (χ2n) is 8.53. The van der Waals surface area contributed by atoms with Crippen LogP contribution in [-0.4, -0.2) is 47.6 Å². The molecule has 1 fully saturated rings. The number of ether oxygens (including phenoxy) is 2. The largest absolute Gasteiger partial charge is 0.490 e. The van der Waals surface area contributed by atoms with Gasteiger partial charge in [-0.2, -0.15) is 0 Å². The third-order valence-corrected chi connectivity index (χ3v) is 6.66. The number of amides is 4. The zero-order valence-corrected chi connectivity index (χ0v) is 23.3. The predicted molar refractivity (Wildman–Crippen MR) is 151 cm³/mol. The Hall–Kier alpha value is -4.49. The minimum absolute atomic E-state index is 0.0103. The summed E-state index contributed by atoms with van der Waals surface area (Å²) in [4.78, 5) is 50.5. The molecular weight excluding hydrogens is 599 g/mol. The Morgan fingerprint density at radius 3 is 2.48 bits per heavy atom. The molecule has 4 rings (SSSR count). The number of benzene rings is 3. The molecule has 0 bridgehead atoms. The number of anilines is 2. The van der Waals surface area contributed by atoms with E-state index >= 15 is 0 Å². The van der Waals surface area contributed by atoms with Crippen molar-refractivity contribution in [3.05, 3.63) is 87.5 Å². The highest BCUT2D eigenvalue weighted by atomic mass is 35.5. The van der Waals surface area contributed by atoms with Crippen LogP contribution in [0.1, 0.15) is 12.5 Å². The molecule has 2 N–H and O–H groups in total. The monoisotopic (exact) mass is 619 g/mol. The molecule has 1 heterocycles. The first-order valence-corrected chi connectivity index (χ1v) is 13.4. The molecule has 14 heteroatoms. The summed E-state index contributed by atoms with van der Waals surface area (Å²) in [6.07, 6.45) is 1.40. The molecule has 1 aliphatic rings. The van der Waals surface area contributed by atoms with Crippen LogP contribution in [0, 0.1) is 17.5 Å². The minimum atomic E-state index is -1.77. The van der Waals surface area contributed by atoms with E-state index in [2.05, 4.69) is 5.32 Å². The fourth-order valence-corrected chi connectivity index (χ4v) is 4.68. The highest BCUT2D eigenvalue weighted by molar-refractivity contribution is 8.18. The maximum absolute atomic E-state index is 13.9. The molecule has 0 aliphatic carbocycles. The molecule has 3 aromatic rings. The second kappa shape index (κ2) is 13.4. The second-order valence-corrected chi connectivity index (χ2v) is 9.95. The summed E-state index contributed by atoms with van der Waals surface area (Å²) in [7, 11) is 0. The number of imide groups is 1. The van der Waals surface area contributed by atoms with Crippen molar-refractivity contribution >= 4 is 63.8 Å². The highest BCUT2D eigenvalue weighted by Crippen LogP contribution is 2.35. The van der Waals surface area contributed by atoms with Crippen molar-refractivity contribution in [2.75, 3.05) is 30.4 Å². The summed E-state index contributed by atoms with van der Waals surface area (Å²) >= 11 is 6.50. The Kier molecular flexibility index (Phi) is 9.76. The summed E-state index contributed by atoms with van der Waals surface area (Å²) < 4.78 is 51.6. The van der Waals surface area contributed by atoms with Crippen molar-refractivity contribution in [3.8, 4) is 11.5 Å². The van der Waals surface area contributed by atoms with Gasteiger partial charge in [0.05, 0.1) is 17.2 Å². The highest BCUT2D eigenvalue weighted by Gasteiger charge is 2.36. The lowest BCUT2D eigenvalue weighted by atomic mass is 10.2. The fourth-order valence-electron chi connectivity index (χ4n) is 3.65. The summed E-state index contributed by atoms with van der Waals surface area (Å²) in [5.74, 6) is -6.52. The number of carbonyl (C=O) groups is 4. The Labute approximate surface area is 246 Å². The Balaban J connectivity index is 1.41. The van der Waals surface area contributed by atoms with Gasteiger partial charge in [-0.3, -0.25) is 24.1 Å². The van der Waals surface area contributed by atoms with Gasteiger partial charge in [0.2, 0.25) is 5.91 Å². The van der Waals surface area contributed by atoms with E-state index in [1.54, 1.807) is 43.3 Å². The van der Waals surface area contributed by atoms with Crippen LogP contribution in [0.4, 0.5) is 29.3 Å². The number of carbonyl (C=O) groups excluding carboxylic acids is 4. The molecule has 218 valence electrons.